The molecule has 1 fully saturated rings. The Hall–Kier alpha value is -1.99. The highest BCUT2D eigenvalue weighted by Crippen LogP contribution is 2.19. The van der Waals surface area contributed by atoms with Crippen molar-refractivity contribution in [2.45, 2.75) is 39.2 Å². The molecule has 1 aliphatic heterocycles. The molecule has 0 spiro atoms. The number of piperidine rings is 1. The van der Waals surface area contributed by atoms with E-state index in [1.165, 1.54) is 17.6 Å². The number of nitrogens with zero attached hydrogens (tertiary/aromatic N) is 4. The normalized spacial score (nSPS) is 18.0. The molecule has 0 aliphatic carbocycles. The maximum atomic E-state index is 12.7. The van der Waals surface area contributed by atoms with Gasteiger partial charge >= 0.3 is 0 Å². The molecule has 2 heterocycles. The number of amides is 1. The van der Waals surface area contributed by atoms with Crippen LogP contribution in [0.15, 0.2) is 30.3 Å². The Kier molecular flexibility index (Phi) is 8.19. The van der Waals surface area contributed by atoms with Crippen molar-refractivity contribution in [3.05, 3.63) is 30.3 Å². The van der Waals surface area contributed by atoms with Crippen LogP contribution in [0.3, 0.4) is 0 Å². The lowest BCUT2D eigenvalue weighted by atomic mass is 9.96. The number of tetrazole rings is 1. The first-order valence-electron chi connectivity index (χ1n) is 9.48. The predicted octanol–water partition coefficient (Wildman–Crippen LogP) is 2.46. The number of rotatable bonds is 7. The quantitative estimate of drug-likeness (QED) is 0.756. The Morgan fingerprint density at radius 1 is 1.33 bits per heavy atom. The zero-order chi connectivity index (χ0) is 18.4. The first-order chi connectivity index (χ1) is 12.6. The number of aromatic nitrogens is 4. The zero-order valence-electron chi connectivity index (χ0n) is 16.0. The third-order valence-electron chi connectivity index (χ3n) is 4.86. The number of hydrogen-bond acceptors (Lipinski definition) is 5. The summed E-state index contributed by atoms with van der Waals surface area (Å²) < 4.78 is 0. The fraction of sp³-hybridized carbons (Fsp3) is 0.579. The molecule has 0 bridgehead atoms. The number of carbonyl (C=O) groups excluding carboxylic acids is 1. The van der Waals surface area contributed by atoms with E-state index in [1.54, 1.807) is 0 Å². The van der Waals surface area contributed by atoms with Crippen molar-refractivity contribution in [3.63, 3.8) is 0 Å². The second kappa shape index (κ2) is 10.4. The first-order valence-corrected chi connectivity index (χ1v) is 9.48. The number of nitrogens with one attached hydrogen (secondary N) is 2. The summed E-state index contributed by atoms with van der Waals surface area (Å²) in [6, 6.07) is 9.23. The van der Waals surface area contributed by atoms with E-state index in [2.05, 4.69) is 26.0 Å². The summed E-state index contributed by atoms with van der Waals surface area (Å²) in [5.74, 6) is 1.22. The summed E-state index contributed by atoms with van der Waals surface area (Å²) in [7, 11) is 0. The average Bonchev–Trinajstić information content (AvgIpc) is 3.13. The average molecular weight is 393 g/mol. The van der Waals surface area contributed by atoms with E-state index in [-0.39, 0.29) is 24.2 Å². The van der Waals surface area contributed by atoms with Gasteiger partial charge in [-0.25, -0.2) is 0 Å². The fourth-order valence-corrected chi connectivity index (χ4v) is 3.39. The molecule has 27 heavy (non-hydrogen) atoms. The molecule has 148 valence electrons. The molecule has 0 saturated carbocycles. The lowest BCUT2D eigenvalue weighted by Crippen LogP contribution is -2.38. The molecular formula is C19H29ClN6O. The van der Waals surface area contributed by atoms with Crippen LogP contribution in [0.1, 0.15) is 39.2 Å². The Labute approximate surface area is 166 Å². The second-order valence-corrected chi connectivity index (χ2v) is 7.28. The molecule has 2 N–H and O–H groups in total. The highest BCUT2D eigenvalue weighted by Gasteiger charge is 2.27. The molecule has 7 nitrogen and oxygen atoms in total. The highest BCUT2D eigenvalue weighted by molar-refractivity contribution is 5.85. The van der Waals surface area contributed by atoms with E-state index >= 15 is 0 Å². The van der Waals surface area contributed by atoms with Crippen LogP contribution in [0.25, 0.3) is 11.4 Å². The van der Waals surface area contributed by atoms with E-state index in [0.717, 1.165) is 25.1 Å². The zero-order valence-corrected chi connectivity index (χ0v) is 16.8. The summed E-state index contributed by atoms with van der Waals surface area (Å²) in [6.45, 7) is 6.85. The molecule has 0 radical (unpaired) electrons. The predicted molar refractivity (Wildman–Crippen MR) is 108 cm³/mol. The smallest absolute Gasteiger partial charge is 0.247 e. The Morgan fingerprint density at radius 3 is 2.78 bits per heavy atom. The van der Waals surface area contributed by atoms with E-state index in [4.69, 9.17) is 0 Å². The number of carbonyl (C=O) groups is 1. The van der Waals surface area contributed by atoms with Gasteiger partial charge in [0.1, 0.15) is 0 Å². The van der Waals surface area contributed by atoms with Crippen molar-refractivity contribution in [1.29, 1.82) is 0 Å². The lowest BCUT2D eigenvalue weighted by Gasteiger charge is -2.23. The second-order valence-electron chi connectivity index (χ2n) is 7.28. The standard InChI is InChI=1S/C19H28N6O.ClH/c1-14(2)17(19(26)21-12-10-15-7-6-11-20-13-15)25-23-18(22-24-25)16-8-4-3-5-9-16;/h3-5,8-9,14-15,17,20H,6-7,10-13H2,1-2H3,(H,21,26);1H. The molecule has 2 unspecified atom stereocenters. The van der Waals surface area contributed by atoms with Gasteiger partial charge in [0.2, 0.25) is 11.7 Å². The third kappa shape index (κ3) is 5.74. The minimum atomic E-state index is -0.454. The van der Waals surface area contributed by atoms with Crippen LogP contribution in [-0.2, 0) is 4.79 Å². The largest absolute Gasteiger partial charge is 0.354 e. The number of benzene rings is 1. The minimum absolute atomic E-state index is 0. The van der Waals surface area contributed by atoms with E-state index in [9.17, 15) is 4.79 Å². The third-order valence-corrected chi connectivity index (χ3v) is 4.86. The van der Waals surface area contributed by atoms with Crippen LogP contribution in [-0.4, -0.2) is 45.7 Å². The van der Waals surface area contributed by atoms with Gasteiger partial charge in [-0.15, -0.1) is 22.6 Å². The van der Waals surface area contributed by atoms with Crippen molar-refractivity contribution < 1.29 is 4.79 Å². The molecule has 1 aromatic heterocycles. The van der Waals surface area contributed by atoms with Gasteiger partial charge in [-0.3, -0.25) is 4.79 Å². The molecule has 3 rings (SSSR count). The van der Waals surface area contributed by atoms with Crippen molar-refractivity contribution >= 4 is 18.3 Å². The van der Waals surface area contributed by atoms with Gasteiger partial charge < -0.3 is 10.6 Å². The molecule has 1 saturated heterocycles. The first kappa shape index (κ1) is 21.3. The van der Waals surface area contributed by atoms with Gasteiger partial charge in [-0.05, 0) is 49.4 Å². The summed E-state index contributed by atoms with van der Waals surface area (Å²) in [5.41, 5.74) is 0.895. The van der Waals surface area contributed by atoms with Gasteiger partial charge in [-0.1, -0.05) is 44.2 Å². The van der Waals surface area contributed by atoms with E-state index in [0.29, 0.717) is 18.3 Å². The molecule has 1 aromatic carbocycles. The molecule has 1 aliphatic rings. The molecular weight excluding hydrogens is 364 g/mol. The van der Waals surface area contributed by atoms with Crippen LogP contribution < -0.4 is 10.6 Å². The SMILES string of the molecule is CC(C)C(C(=O)NCCC1CCCNC1)n1nnc(-c2ccccc2)n1.Cl. The van der Waals surface area contributed by atoms with Crippen molar-refractivity contribution in [2.75, 3.05) is 19.6 Å². The van der Waals surface area contributed by atoms with Gasteiger partial charge in [0.05, 0.1) is 0 Å². The summed E-state index contributed by atoms with van der Waals surface area (Å²) in [5, 5.41) is 19.2. The Balaban J connectivity index is 0.00000261. The number of hydrogen-bond donors (Lipinski definition) is 2. The summed E-state index contributed by atoms with van der Waals surface area (Å²) >= 11 is 0. The van der Waals surface area contributed by atoms with Gasteiger partial charge in [0, 0.05) is 12.1 Å². The Morgan fingerprint density at radius 2 is 2.11 bits per heavy atom. The van der Waals surface area contributed by atoms with Crippen molar-refractivity contribution in [3.8, 4) is 11.4 Å². The van der Waals surface area contributed by atoms with E-state index < -0.39 is 6.04 Å². The maximum Gasteiger partial charge on any atom is 0.247 e. The van der Waals surface area contributed by atoms with E-state index in [1.807, 2.05) is 44.2 Å². The van der Waals surface area contributed by atoms with Gasteiger partial charge in [0.15, 0.2) is 6.04 Å². The molecule has 8 heteroatoms. The van der Waals surface area contributed by atoms with Crippen LogP contribution in [0.2, 0.25) is 0 Å². The topological polar surface area (TPSA) is 84.7 Å². The lowest BCUT2D eigenvalue weighted by molar-refractivity contribution is -0.126. The fourth-order valence-electron chi connectivity index (χ4n) is 3.39. The monoisotopic (exact) mass is 392 g/mol. The van der Waals surface area contributed by atoms with Gasteiger partial charge in [0.25, 0.3) is 0 Å². The van der Waals surface area contributed by atoms with Crippen molar-refractivity contribution in [1.82, 2.24) is 30.8 Å². The van der Waals surface area contributed by atoms with Crippen LogP contribution in [0.4, 0.5) is 0 Å². The summed E-state index contributed by atoms with van der Waals surface area (Å²) in [6.07, 6.45) is 3.46. The molecule has 2 aromatic rings. The van der Waals surface area contributed by atoms with Crippen LogP contribution >= 0.6 is 12.4 Å². The summed E-state index contributed by atoms with van der Waals surface area (Å²) in [4.78, 5) is 14.2. The van der Waals surface area contributed by atoms with Crippen LogP contribution in [0.5, 0.6) is 0 Å². The maximum absolute atomic E-state index is 12.7. The van der Waals surface area contributed by atoms with Gasteiger partial charge in [-0.2, -0.15) is 4.80 Å². The van der Waals surface area contributed by atoms with Crippen molar-refractivity contribution in [2.24, 2.45) is 11.8 Å². The highest BCUT2D eigenvalue weighted by atomic mass is 35.5. The molecule has 1 amide bonds. The minimum Gasteiger partial charge on any atom is -0.354 e. The van der Waals surface area contributed by atoms with Crippen LogP contribution in [0, 0.1) is 11.8 Å². The Bertz CT molecular complexity index is 699. The number of halogens is 1. The molecule has 2 atom stereocenters.